The van der Waals surface area contributed by atoms with Crippen LogP contribution in [-0.4, -0.2) is 26.9 Å². The van der Waals surface area contributed by atoms with E-state index < -0.39 is 10.0 Å². The number of amides is 1. The fourth-order valence-electron chi connectivity index (χ4n) is 3.00. The summed E-state index contributed by atoms with van der Waals surface area (Å²) < 4.78 is 28.1. The molecule has 0 spiro atoms. The van der Waals surface area contributed by atoms with Gasteiger partial charge in [-0.15, -0.1) is 12.4 Å². The molecule has 1 saturated carbocycles. The summed E-state index contributed by atoms with van der Waals surface area (Å²) in [4.78, 5) is 11.4. The van der Waals surface area contributed by atoms with E-state index in [2.05, 4.69) is 10.0 Å². The van der Waals surface area contributed by atoms with Crippen molar-refractivity contribution in [1.82, 2.24) is 4.72 Å². The van der Waals surface area contributed by atoms with E-state index in [1.807, 2.05) is 6.92 Å². The van der Waals surface area contributed by atoms with Crippen LogP contribution in [0.4, 0.5) is 5.69 Å². The molecule has 0 radical (unpaired) electrons. The lowest BCUT2D eigenvalue weighted by Crippen LogP contribution is -2.44. The Kier molecular flexibility index (Phi) is 7.66. The Balaban J connectivity index is 0.00000288. The molecule has 0 aliphatic heterocycles. The quantitative estimate of drug-likeness (QED) is 0.734. The van der Waals surface area contributed by atoms with Crippen molar-refractivity contribution in [2.75, 3.05) is 11.9 Å². The fourth-order valence-corrected chi connectivity index (χ4v) is 4.37. The average molecular weight is 376 g/mol. The number of nitrogens with two attached hydrogens (primary N) is 1. The number of nitrogens with one attached hydrogen (secondary N) is 2. The molecule has 0 aromatic heterocycles. The summed E-state index contributed by atoms with van der Waals surface area (Å²) >= 11 is 0. The standard InChI is InChI=1S/C16H25N3O3S.ClH/c1-11-7-8-14(9-16(11)18-12(2)20)23(21,22)19-15-6-4-3-5-13(15)10-17;/h7-9,13,15,19H,3-6,10,17H2,1-2H3,(H,18,20);1H. The molecule has 0 saturated heterocycles. The second-order valence-electron chi connectivity index (χ2n) is 6.17. The van der Waals surface area contributed by atoms with Gasteiger partial charge in [0.15, 0.2) is 0 Å². The molecule has 0 bridgehead atoms. The molecule has 1 aromatic carbocycles. The summed E-state index contributed by atoms with van der Waals surface area (Å²) in [6.07, 6.45) is 3.87. The molecule has 4 N–H and O–H groups in total. The molecule has 1 aliphatic carbocycles. The van der Waals surface area contributed by atoms with Crippen LogP contribution in [0.1, 0.15) is 38.2 Å². The van der Waals surface area contributed by atoms with Crippen molar-refractivity contribution in [2.45, 2.75) is 50.5 Å². The molecule has 1 aliphatic rings. The first-order valence-electron chi connectivity index (χ1n) is 7.94. The molecular formula is C16H26ClN3O3S. The van der Waals surface area contributed by atoms with Gasteiger partial charge in [-0.3, -0.25) is 4.79 Å². The highest BCUT2D eigenvalue weighted by Crippen LogP contribution is 2.26. The van der Waals surface area contributed by atoms with Crippen LogP contribution in [0.5, 0.6) is 0 Å². The number of halogens is 1. The molecule has 24 heavy (non-hydrogen) atoms. The lowest BCUT2D eigenvalue weighted by Gasteiger charge is -2.31. The van der Waals surface area contributed by atoms with Crippen LogP contribution in [0.15, 0.2) is 23.1 Å². The Morgan fingerprint density at radius 1 is 1.29 bits per heavy atom. The van der Waals surface area contributed by atoms with Crippen molar-refractivity contribution >= 4 is 34.0 Å². The normalized spacial score (nSPS) is 21.0. The predicted molar refractivity (Wildman–Crippen MR) is 97.9 cm³/mol. The molecule has 136 valence electrons. The zero-order valence-corrected chi connectivity index (χ0v) is 15.7. The number of hydrogen-bond donors (Lipinski definition) is 3. The van der Waals surface area contributed by atoms with Gasteiger partial charge in [0.2, 0.25) is 15.9 Å². The Hall–Kier alpha value is -1.15. The maximum atomic E-state index is 12.6. The molecule has 1 aromatic rings. The van der Waals surface area contributed by atoms with Gasteiger partial charge in [0.25, 0.3) is 0 Å². The van der Waals surface area contributed by atoms with Crippen molar-refractivity contribution in [2.24, 2.45) is 11.7 Å². The van der Waals surface area contributed by atoms with Gasteiger partial charge in [-0.25, -0.2) is 13.1 Å². The minimum atomic E-state index is -3.63. The number of sulfonamides is 1. The van der Waals surface area contributed by atoms with E-state index in [9.17, 15) is 13.2 Å². The largest absolute Gasteiger partial charge is 0.330 e. The van der Waals surface area contributed by atoms with Crippen LogP contribution in [-0.2, 0) is 14.8 Å². The fraction of sp³-hybridized carbons (Fsp3) is 0.562. The van der Waals surface area contributed by atoms with Crippen LogP contribution in [0.25, 0.3) is 0 Å². The maximum Gasteiger partial charge on any atom is 0.240 e. The molecule has 2 rings (SSSR count). The predicted octanol–water partition coefficient (Wildman–Crippen LogP) is 2.17. The zero-order valence-electron chi connectivity index (χ0n) is 14.0. The smallest absolute Gasteiger partial charge is 0.240 e. The van der Waals surface area contributed by atoms with Gasteiger partial charge in [0.1, 0.15) is 0 Å². The molecule has 2 unspecified atom stereocenters. The molecule has 6 nitrogen and oxygen atoms in total. The van der Waals surface area contributed by atoms with Gasteiger partial charge in [-0.05, 0) is 49.9 Å². The molecule has 2 atom stereocenters. The summed E-state index contributed by atoms with van der Waals surface area (Å²) in [5, 5.41) is 2.66. The zero-order chi connectivity index (χ0) is 17.0. The van der Waals surface area contributed by atoms with Crippen molar-refractivity contribution in [1.29, 1.82) is 0 Å². The second-order valence-corrected chi connectivity index (χ2v) is 7.88. The minimum Gasteiger partial charge on any atom is -0.330 e. The first-order chi connectivity index (χ1) is 10.8. The van der Waals surface area contributed by atoms with Crippen LogP contribution in [0.3, 0.4) is 0 Å². The minimum absolute atomic E-state index is 0. The summed E-state index contributed by atoms with van der Waals surface area (Å²) in [5.41, 5.74) is 7.10. The van der Waals surface area contributed by atoms with Crippen LogP contribution in [0.2, 0.25) is 0 Å². The number of carbonyl (C=O) groups is 1. The van der Waals surface area contributed by atoms with Crippen molar-refractivity contribution in [3.8, 4) is 0 Å². The summed E-state index contributed by atoms with van der Waals surface area (Å²) in [5.74, 6) is -0.0510. The topological polar surface area (TPSA) is 101 Å². The van der Waals surface area contributed by atoms with Crippen LogP contribution < -0.4 is 15.8 Å². The van der Waals surface area contributed by atoms with Gasteiger partial charge < -0.3 is 11.1 Å². The van der Waals surface area contributed by atoms with E-state index in [-0.39, 0.29) is 35.2 Å². The van der Waals surface area contributed by atoms with E-state index in [0.717, 1.165) is 31.2 Å². The lowest BCUT2D eigenvalue weighted by atomic mass is 9.85. The number of rotatable bonds is 5. The third-order valence-electron chi connectivity index (χ3n) is 4.35. The SMILES string of the molecule is CC(=O)Nc1cc(S(=O)(=O)NC2CCCCC2CN)ccc1C.Cl. The summed E-state index contributed by atoms with van der Waals surface area (Å²) in [6, 6.07) is 4.63. The van der Waals surface area contributed by atoms with Gasteiger partial charge in [0, 0.05) is 18.7 Å². The molecule has 0 heterocycles. The second kappa shape index (κ2) is 8.80. The molecular weight excluding hydrogens is 350 g/mol. The van der Waals surface area contributed by atoms with Crippen molar-refractivity contribution in [3.63, 3.8) is 0 Å². The van der Waals surface area contributed by atoms with Crippen LogP contribution in [0, 0.1) is 12.8 Å². The average Bonchev–Trinajstić information content (AvgIpc) is 2.49. The van der Waals surface area contributed by atoms with Gasteiger partial charge >= 0.3 is 0 Å². The first-order valence-corrected chi connectivity index (χ1v) is 9.42. The number of benzene rings is 1. The lowest BCUT2D eigenvalue weighted by molar-refractivity contribution is -0.114. The molecule has 1 fully saturated rings. The van der Waals surface area contributed by atoms with E-state index in [1.54, 1.807) is 12.1 Å². The maximum absolute atomic E-state index is 12.6. The monoisotopic (exact) mass is 375 g/mol. The molecule has 1 amide bonds. The number of carbonyl (C=O) groups excluding carboxylic acids is 1. The van der Waals surface area contributed by atoms with Crippen LogP contribution >= 0.6 is 12.4 Å². The highest BCUT2D eigenvalue weighted by Gasteiger charge is 2.28. The first kappa shape index (κ1) is 20.9. The Morgan fingerprint density at radius 2 is 1.96 bits per heavy atom. The third-order valence-corrected chi connectivity index (χ3v) is 5.84. The summed E-state index contributed by atoms with van der Waals surface area (Å²) in [6.45, 7) is 3.70. The van der Waals surface area contributed by atoms with Gasteiger partial charge in [-0.2, -0.15) is 0 Å². The number of anilines is 1. The van der Waals surface area contributed by atoms with E-state index in [0.29, 0.717) is 12.2 Å². The highest BCUT2D eigenvalue weighted by atomic mass is 35.5. The molecule has 8 heteroatoms. The number of aryl methyl sites for hydroxylation is 1. The Labute approximate surface area is 150 Å². The Morgan fingerprint density at radius 3 is 2.58 bits per heavy atom. The van der Waals surface area contributed by atoms with E-state index in [4.69, 9.17) is 5.73 Å². The van der Waals surface area contributed by atoms with E-state index >= 15 is 0 Å². The third kappa shape index (κ3) is 5.17. The number of hydrogen-bond acceptors (Lipinski definition) is 4. The van der Waals surface area contributed by atoms with Gasteiger partial charge in [-0.1, -0.05) is 18.9 Å². The highest BCUT2D eigenvalue weighted by molar-refractivity contribution is 7.89. The van der Waals surface area contributed by atoms with E-state index in [1.165, 1.54) is 13.0 Å². The van der Waals surface area contributed by atoms with Crippen molar-refractivity contribution in [3.05, 3.63) is 23.8 Å². The van der Waals surface area contributed by atoms with Crippen molar-refractivity contribution < 1.29 is 13.2 Å². The summed E-state index contributed by atoms with van der Waals surface area (Å²) in [7, 11) is -3.63. The Bertz CT molecular complexity index is 679. The van der Waals surface area contributed by atoms with Gasteiger partial charge in [0.05, 0.1) is 4.90 Å².